The van der Waals surface area contributed by atoms with Crippen molar-refractivity contribution >= 4 is 23.5 Å². The SMILES string of the molecule is COC(=O)C1CC[NH+](CC(=O)N(CC(=O)Nc2ccc(F)cc2)C(C)(C)C)CC1. The van der Waals surface area contributed by atoms with Crippen LogP contribution < -0.4 is 10.2 Å². The fraction of sp³-hybridized carbons (Fsp3) is 0.571. The van der Waals surface area contributed by atoms with E-state index in [2.05, 4.69) is 5.32 Å². The second kappa shape index (κ2) is 9.82. The van der Waals surface area contributed by atoms with Gasteiger partial charge in [0.15, 0.2) is 6.54 Å². The Balaban J connectivity index is 1.93. The Morgan fingerprint density at radius 3 is 2.28 bits per heavy atom. The van der Waals surface area contributed by atoms with E-state index in [1.54, 1.807) is 4.90 Å². The average molecular weight is 408 g/mol. The van der Waals surface area contributed by atoms with Crippen molar-refractivity contribution in [2.45, 2.75) is 39.2 Å². The van der Waals surface area contributed by atoms with Gasteiger partial charge in [0.2, 0.25) is 5.91 Å². The Morgan fingerprint density at radius 2 is 1.76 bits per heavy atom. The number of halogens is 1. The van der Waals surface area contributed by atoms with E-state index in [-0.39, 0.29) is 42.6 Å². The monoisotopic (exact) mass is 408 g/mol. The van der Waals surface area contributed by atoms with Crippen molar-refractivity contribution in [1.82, 2.24) is 4.90 Å². The molecule has 0 spiro atoms. The highest BCUT2D eigenvalue weighted by Gasteiger charge is 2.33. The second-order valence-electron chi connectivity index (χ2n) is 8.43. The van der Waals surface area contributed by atoms with Crippen molar-refractivity contribution in [3.63, 3.8) is 0 Å². The number of hydrogen-bond acceptors (Lipinski definition) is 4. The van der Waals surface area contributed by atoms with Crippen LogP contribution in [0.1, 0.15) is 33.6 Å². The van der Waals surface area contributed by atoms with Crippen molar-refractivity contribution in [2.24, 2.45) is 5.92 Å². The zero-order valence-electron chi connectivity index (χ0n) is 17.6. The lowest BCUT2D eigenvalue weighted by atomic mass is 9.97. The maximum absolute atomic E-state index is 13.0. The Labute approximate surface area is 171 Å². The van der Waals surface area contributed by atoms with Crippen LogP contribution in [-0.2, 0) is 19.1 Å². The lowest BCUT2D eigenvalue weighted by Gasteiger charge is -2.36. The first kappa shape index (κ1) is 22.8. The van der Waals surface area contributed by atoms with Gasteiger partial charge < -0.3 is 19.9 Å². The molecule has 0 saturated carbocycles. The number of carbonyl (C=O) groups is 3. The standard InChI is InChI=1S/C21H30FN3O4/c1-21(2,3)25(13-18(26)23-17-7-5-16(22)6-8-17)19(27)14-24-11-9-15(10-12-24)20(28)29-4/h5-8,15H,9-14H2,1-4H3,(H,23,26)/p+1. The van der Waals surface area contributed by atoms with E-state index in [1.165, 1.54) is 31.4 Å². The Bertz CT molecular complexity index is 722. The molecule has 1 aromatic carbocycles. The number of likely N-dealkylation sites (tertiary alicyclic amines) is 1. The van der Waals surface area contributed by atoms with Gasteiger partial charge in [0.1, 0.15) is 12.4 Å². The molecular weight excluding hydrogens is 377 g/mol. The number of quaternary nitrogens is 1. The van der Waals surface area contributed by atoms with Crippen LogP contribution in [0.4, 0.5) is 10.1 Å². The Morgan fingerprint density at radius 1 is 1.17 bits per heavy atom. The third-order valence-corrected chi connectivity index (χ3v) is 5.17. The summed E-state index contributed by atoms with van der Waals surface area (Å²) in [5.74, 6) is -1.12. The Hall–Kier alpha value is -2.48. The molecule has 0 radical (unpaired) electrons. The summed E-state index contributed by atoms with van der Waals surface area (Å²) in [7, 11) is 1.39. The maximum Gasteiger partial charge on any atom is 0.309 e. The molecule has 0 aromatic heterocycles. The van der Waals surface area contributed by atoms with Gasteiger partial charge in [-0.2, -0.15) is 0 Å². The number of esters is 1. The van der Waals surface area contributed by atoms with Gasteiger partial charge in [0, 0.05) is 24.1 Å². The predicted octanol–water partition coefficient (Wildman–Crippen LogP) is 0.859. The van der Waals surface area contributed by atoms with E-state index in [1.807, 2.05) is 20.8 Å². The molecule has 0 aliphatic carbocycles. The number of anilines is 1. The van der Waals surface area contributed by atoms with E-state index in [0.717, 1.165) is 4.90 Å². The van der Waals surface area contributed by atoms with E-state index in [0.29, 0.717) is 31.6 Å². The number of ether oxygens (including phenoxy) is 1. The molecule has 0 bridgehead atoms. The van der Waals surface area contributed by atoms with Crippen molar-refractivity contribution in [3.05, 3.63) is 30.1 Å². The van der Waals surface area contributed by atoms with Crippen molar-refractivity contribution in [1.29, 1.82) is 0 Å². The molecule has 2 N–H and O–H groups in total. The van der Waals surface area contributed by atoms with Crippen LogP contribution in [0.25, 0.3) is 0 Å². The molecule has 0 unspecified atom stereocenters. The van der Waals surface area contributed by atoms with Gasteiger partial charge >= 0.3 is 5.97 Å². The summed E-state index contributed by atoms with van der Waals surface area (Å²) in [5.41, 5.74) is -0.0470. The van der Waals surface area contributed by atoms with Gasteiger partial charge in [-0.15, -0.1) is 0 Å². The maximum atomic E-state index is 13.0. The Kier molecular flexibility index (Phi) is 7.73. The van der Waals surface area contributed by atoms with Crippen LogP contribution in [0, 0.1) is 11.7 Å². The molecule has 1 aliphatic rings. The number of amides is 2. The first-order valence-corrected chi connectivity index (χ1v) is 9.87. The molecule has 1 aromatic rings. The third-order valence-electron chi connectivity index (χ3n) is 5.17. The number of methoxy groups -OCH3 is 1. The van der Waals surface area contributed by atoms with Gasteiger partial charge in [-0.1, -0.05) is 0 Å². The van der Waals surface area contributed by atoms with E-state index < -0.39 is 5.54 Å². The van der Waals surface area contributed by atoms with E-state index in [4.69, 9.17) is 4.74 Å². The first-order chi connectivity index (χ1) is 13.6. The number of benzene rings is 1. The molecule has 1 saturated heterocycles. The van der Waals surface area contributed by atoms with Gasteiger partial charge in [0.05, 0.1) is 26.1 Å². The van der Waals surface area contributed by atoms with Crippen molar-refractivity contribution < 1.29 is 28.4 Å². The average Bonchev–Trinajstić information content (AvgIpc) is 2.67. The number of piperidine rings is 1. The minimum atomic E-state index is -0.527. The summed E-state index contributed by atoms with van der Waals surface area (Å²) in [6, 6.07) is 5.49. The van der Waals surface area contributed by atoms with Crippen molar-refractivity contribution in [2.75, 3.05) is 38.6 Å². The molecule has 2 rings (SSSR count). The summed E-state index contributed by atoms with van der Waals surface area (Å²) < 4.78 is 17.8. The molecular formula is C21H31FN3O4+. The van der Waals surface area contributed by atoms with Gasteiger partial charge in [-0.3, -0.25) is 14.4 Å². The van der Waals surface area contributed by atoms with Crippen LogP contribution in [0.5, 0.6) is 0 Å². The van der Waals surface area contributed by atoms with E-state index >= 15 is 0 Å². The molecule has 0 atom stereocenters. The fourth-order valence-corrected chi connectivity index (χ4v) is 3.49. The zero-order valence-corrected chi connectivity index (χ0v) is 17.6. The fourth-order valence-electron chi connectivity index (χ4n) is 3.49. The highest BCUT2D eigenvalue weighted by Crippen LogP contribution is 2.15. The predicted molar refractivity (Wildman–Crippen MR) is 107 cm³/mol. The molecule has 7 nitrogen and oxygen atoms in total. The minimum Gasteiger partial charge on any atom is -0.469 e. The quantitative estimate of drug-likeness (QED) is 0.685. The normalized spacial score (nSPS) is 19.3. The smallest absolute Gasteiger partial charge is 0.309 e. The number of nitrogens with one attached hydrogen (secondary N) is 2. The molecule has 2 amide bonds. The highest BCUT2D eigenvalue weighted by atomic mass is 19.1. The summed E-state index contributed by atoms with van der Waals surface area (Å²) in [6.45, 7) is 7.27. The lowest BCUT2D eigenvalue weighted by Crippen LogP contribution is -3.14. The summed E-state index contributed by atoms with van der Waals surface area (Å²) in [4.78, 5) is 39.7. The van der Waals surface area contributed by atoms with Gasteiger partial charge in [0.25, 0.3) is 5.91 Å². The van der Waals surface area contributed by atoms with Crippen LogP contribution in [0.3, 0.4) is 0 Å². The highest BCUT2D eigenvalue weighted by molar-refractivity contribution is 5.94. The largest absolute Gasteiger partial charge is 0.469 e. The van der Waals surface area contributed by atoms with Crippen LogP contribution in [-0.4, -0.2) is 61.5 Å². The van der Waals surface area contributed by atoms with Crippen molar-refractivity contribution in [3.8, 4) is 0 Å². The first-order valence-electron chi connectivity index (χ1n) is 9.87. The van der Waals surface area contributed by atoms with Crippen LogP contribution in [0.2, 0.25) is 0 Å². The van der Waals surface area contributed by atoms with Crippen LogP contribution in [0.15, 0.2) is 24.3 Å². The number of nitrogens with zero attached hydrogens (tertiary/aromatic N) is 1. The number of carbonyl (C=O) groups excluding carboxylic acids is 3. The lowest BCUT2D eigenvalue weighted by molar-refractivity contribution is -0.898. The third kappa shape index (κ3) is 6.81. The minimum absolute atomic E-state index is 0.0855. The molecule has 1 aliphatic heterocycles. The van der Waals surface area contributed by atoms with Gasteiger partial charge in [-0.05, 0) is 45.0 Å². The molecule has 1 fully saturated rings. The van der Waals surface area contributed by atoms with Crippen LogP contribution >= 0.6 is 0 Å². The summed E-state index contributed by atoms with van der Waals surface area (Å²) >= 11 is 0. The topological polar surface area (TPSA) is 80.2 Å². The van der Waals surface area contributed by atoms with Gasteiger partial charge in [-0.25, -0.2) is 4.39 Å². The molecule has 1 heterocycles. The zero-order chi connectivity index (χ0) is 21.6. The summed E-state index contributed by atoms with van der Waals surface area (Å²) in [5, 5.41) is 2.70. The molecule has 8 heteroatoms. The summed E-state index contributed by atoms with van der Waals surface area (Å²) in [6.07, 6.45) is 1.38. The second-order valence-corrected chi connectivity index (χ2v) is 8.43. The molecule has 160 valence electrons. The van der Waals surface area contributed by atoms with E-state index in [9.17, 15) is 18.8 Å². The number of rotatable bonds is 6. The molecule has 29 heavy (non-hydrogen) atoms. The number of hydrogen-bond donors (Lipinski definition) is 2.